The number of terminal acetylenes is 1. The zero-order chi connectivity index (χ0) is 27.3. The van der Waals surface area contributed by atoms with Crippen LogP contribution in [0.2, 0.25) is 0 Å². The summed E-state index contributed by atoms with van der Waals surface area (Å²) in [6, 6.07) is 0. The van der Waals surface area contributed by atoms with E-state index >= 15 is 8.78 Å². The summed E-state index contributed by atoms with van der Waals surface area (Å²) in [6.45, 7) is -1.87. The number of alkyl halides is 2. The van der Waals surface area contributed by atoms with Crippen LogP contribution >= 0.6 is 23.5 Å². The number of ether oxygens (including phenoxy) is 1. The largest absolute Gasteiger partial charge is 0.490 e. The van der Waals surface area contributed by atoms with Gasteiger partial charge in [0.2, 0.25) is 17.5 Å². The number of aldehydes is 1. The fourth-order valence-electron chi connectivity index (χ4n) is 3.14. The lowest BCUT2D eigenvalue weighted by molar-refractivity contribution is -0.189. The Morgan fingerprint density at radius 3 is 2.47 bits per heavy atom. The van der Waals surface area contributed by atoms with Gasteiger partial charge < -0.3 is 34.8 Å². The number of nitrogens with zero attached hydrogens (tertiary/aromatic N) is 3. The van der Waals surface area contributed by atoms with E-state index in [1.165, 1.54) is 5.92 Å². The summed E-state index contributed by atoms with van der Waals surface area (Å²) in [5, 5.41) is 0. The first-order valence-electron chi connectivity index (χ1n) is 8.86. The van der Waals surface area contributed by atoms with Crippen molar-refractivity contribution in [3.05, 3.63) is 16.7 Å². The Morgan fingerprint density at radius 1 is 1.28 bits per heavy atom. The number of nitrogen functional groups attached to an aromatic ring is 1. The summed E-state index contributed by atoms with van der Waals surface area (Å²) in [5.41, 5.74) is 0.303. The number of nitrogens with one attached hydrogen (secondary N) is 1. The van der Waals surface area contributed by atoms with Crippen LogP contribution in [-0.2, 0) is 36.4 Å². The maximum Gasteiger partial charge on any atom is 0.490 e. The molecule has 1 aliphatic rings. The molecule has 1 aliphatic heterocycles. The summed E-state index contributed by atoms with van der Waals surface area (Å²) < 4.78 is 82.1. The summed E-state index contributed by atoms with van der Waals surface area (Å²) >= 11 is 0. The van der Waals surface area contributed by atoms with E-state index in [0.29, 0.717) is 4.57 Å². The molecular formula is C13H14F2N5O13P3. The van der Waals surface area contributed by atoms with Crippen LogP contribution in [0.15, 0.2) is 11.1 Å². The van der Waals surface area contributed by atoms with E-state index in [1.54, 1.807) is 0 Å². The maximum absolute atomic E-state index is 15.8. The highest BCUT2D eigenvalue weighted by atomic mass is 31.3. The topological polar surface area (TPSA) is 276 Å². The number of imidazole rings is 1. The number of H-pyrrole nitrogens is 1. The van der Waals surface area contributed by atoms with Gasteiger partial charge in [-0.1, -0.05) is 5.92 Å². The Bertz CT molecular complexity index is 1450. The van der Waals surface area contributed by atoms with Gasteiger partial charge in [-0.15, -0.1) is 6.42 Å². The van der Waals surface area contributed by atoms with Crippen LogP contribution in [0.4, 0.5) is 14.7 Å². The van der Waals surface area contributed by atoms with Crippen molar-refractivity contribution in [1.29, 1.82) is 0 Å². The highest BCUT2D eigenvalue weighted by Crippen LogP contribution is 2.66. The third-order valence-electron chi connectivity index (χ3n) is 4.48. The number of halogens is 2. The van der Waals surface area contributed by atoms with Crippen LogP contribution in [0.25, 0.3) is 11.2 Å². The first-order valence-corrected chi connectivity index (χ1v) is 13.4. The highest BCUT2D eigenvalue weighted by Gasteiger charge is 2.67. The highest BCUT2D eigenvalue weighted by molar-refractivity contribution is 7.66. The number of nitrogens with two attached hydrogens (primary N) is 1. The van der Waals surface area contributed by atoms with Gasteiger partial charge in [-0.3, -0.25) is 18.9 Å². The molecular weight excluding hydrogens is 565 g/mol. The van der Waals surface area contributed by atoms with E-state index in [2.05, 4.69) is 28.1 Å². The normalized spacial score (nSPS) is 29.9. The molecule has 2 aromatic rings. The first kappa shape index (κ1) is 28.2. The second kappa shape index (κ2) is 9.17. The minimum absolute atomic E-state index is 0.353. The minimum atomic E-state index is -5.97. The van der Waals surface area contributed by atoms with Crippen LogP contribution in [0, 0.1) is 18.3 Å². The lowest BCUT2D eigenvalue weighted by atomic mass is 9.87. The third-order valence-corrected chi connectivity index (χ3v) is 8.27. The van der Waals surface area contributed by atoms with E-state index in [4.69, 9.17) is 31.6 Å². The van der Waals surface area contributed by atoms with E-state index in [1.807, 2.05) is 0 Å². The molecule has 0 aliphatic carbocycles. The minimum Gasteiger partial charge on any atom is -0.369 e. The number of phosphoric ester groups is 1. The second-order valence-electron chi connectivity index (χ2n) is 6.92. The van der Waals surface area contributed by atoms with Gasteiger partial charge in [-0.2, -0.15) is 13.6 Å². The number of hydrogen-bond acceptors (Lipinski definition) is 12. The molecule has 6 atom stereocenters. The molecule has 0 bridgehead atoms. The average Bonchev–Trinajstić information content (AvgIpc) is 3.21. The van der Waals surface area contributed by atoms with Crippen LogP contribution in [-0.4, -0.2) is 63.5 Å². The van der Waals surface area contributed by atoms with Crippen LogP contribution in [0.3, 0.4) is 0 Å². The Labute approximate surface area is 196 Å². The Kier molecular flexibility index (Phi) is 7.18. The zero-order valence-electron chi connectivity index (χ0n) is 17.1. The molecule has 7 N–H and O–H groups in total. The van der Waals surface area contributed by atoms with Gasteiger partial charge in [-0.25, -0.2) is 27.5 Å². The van der Waals surface area contributed by atoms with Crippen molar-refractivity contribution in [3.63, 3.8) is 0 Å². The van der Waals surface area contributed by atoms with E-state index in [0.717, 1.165) is 6.33 Å². The molecule has 2 unspecified atom stereocenters. The van der Waals surface area contributed by atoms with Gasteiger partial charge in [0.05, 0.1) is 6.33 Å². The summed E-state index contributed by atoms with van der Waals surface area (Å²) in [7, 11) is -17.6. The molecule has 1 saturated heterocycles. The Hall–Kier alpha value is -2.39. The number of aromatic amines is 1. The van der Waals surface area contributed by atoms with Gasteiger partial charge >= 0.3 is 23.5 Å². The summed E-state index contributed by atoms with van der Waals surface area (Å²) in [5.74, 6) is -5.22. The summed E-state index contributed by atoms with van der Waals surface area (Å²) in [4.78, 5) is 68.8. The Morgan fingerprint density at radius 2 is 1.92 bits per heavy atom. The van der Waals surface area contributed by atoms with E-state index in [9.17, 15) is 28.2 Å². The fourth-order valence-corrected chi connectivity index (χ4v) is 6.18. The van der Waals surface area contributed by atoms with Crippen molar-refractivity contribution >= 4 is 46.9 Å². The van der Waals surface area contributed by atoms with Gasteiger partial charge in [0.15, 0.2) is 17.4 Å². The average molecular weight is 579 g/mol. The second-order valence-corrected chi connectivity index (χ2v) is 11.3. The third kappa shape index (κ3) is 5.47. The molecule has 2 aromatic heterocycles. The van der Waals surface area contributed by atoms with Crippen molar-refractivity contribution in [1.82, 2.24) is 19.5 Å². The molecule has 198 valence electrons. The van der Waals surface area contributed by atoms with Crippen molar-refractivity contribution in [2.75, 3.05) is 12.3 Å². The SMILES string of the molecule is C#C[C@]1(F)[C@H](n2cnc3c(=O)[nH]c(N)nc32)O[C@](F)(COP(=O)(O)OP(=O)(O)OP(=O)(O)O)[C@H]1C=O. The number of anilines is 1. The molecule has 0 spiro atoms. The van der Waals surface area contributed by atoms with E-state index < -0.39 is 76.4 Å². The zero-order valence-corrected chi connectivity index (χ0v) is 19.8. The number of fused-ring (bicyclic) bond motifs is 1. The fraction of sp³-hybridized carbons (Fsp3) is 0.385. The number of hydrogen-bond donors (Lipinski definition) is 6. The smallest absolute Gasteiger partial charge is 0.369 e. The quantitative estimate of drug-likeness (QED) is 0.123. The summed E-state index contributed by atoms with van der Waals surface area (Å²) in [6.07, 6.45) is 3.27. The van der Waals surface area contributed by atoms with Gasteiger partial charge in [0, 0.05) is 0 Å². The maximum atomic E-state index is 15.8. The number of aromatic nitrogens is 4. The van der Waals surface area contributed by atoms with Crippen molar-refractivity contribution in [2.45, 2.75) is 17.8 Å². The molecule has 3 rings (SSSR count). The van der Waals surface area contributed by atoms with Crippen LogP contribution < -0.4 is 11.3 Å². The molecule has 3 heterocycles. The first-order chi connectivity index (χ1) is 16.4. The standard InChI is InChI=1S/C13H14F2N5O13P3/c1-2-12(14)6(3-21)13(15,4-30-35(26,27)33-36(28,29)32-34(23,24)25)31-10(12)20-5-17-7-8(20)18-11(16)19-9(7)22/h1,3,5-6,10H,4H2,(H,26,27)(H,28,29)(H2,23,24,25)(H3,16,18,19,22)/t6-,10+,12+,13+/m0/s1. The predicted octanol–water partition coefficient (Wildman–Crippen LogP) is -0.604. The molecule has 36 heavy (non-hydrogen) atoms. The predicted molar refractivity (Wildman–Crippen MR) is 109 cm³/mol. The number of carbonyl (C=O) groups excluding carboxylic acids is 1. The van der Waals surface area contributed by atoms with Crippen LogP contribution in [0.1, 0.15) is 6.23 Å². The lowest BCUT2D eigenvalue weighted by Crippen LogP contribution is -2.43. The van der Waals surface area contributed by atoms with Crippen LogP contribution in [0.5, 0.6) is 0 Å². The number of phosphoric acid groups is 3. The van der Waals surface area contributed by atoms with Gasteiger partial charge in [0.1, 0.15) is 18.8 Å². The molecule has 0 radical (unpaired) electrons. The number of rotatable bonds is 9. The number of carbonyl (C=O) groups is 1. The molecule has 0 aromatic carbocycles. The molecule has 1 fully saturated rings. The van der Waals surface area contributed by atoms with E-state index in [-0.39, 0.29) is 6.29 Å². The lowest BCUT2D eigenvalue weighted by Gasteiger charge is -2.25. The molecule has 0 amide bonds. The molecule has 0 saturated carbocycles. The van der Waals surface area contributed by atoms with Crippen molar-refractivity contribution < 1.29 is 64.7 Å². The van der Waals surface area contributed by atoms with Crippen molar-refractivity contribution in [3.8, 4) is 12.3 Å². The van der Waals surface area contributed by atoms with Gasteiger partial charge in [0.25, 0.3) is 5.56 Å². The molecule has 23 heteroatoms. The monoisotopic (exact) mass is 579 g/mol. The molecule has 18 nitrogen and oxygen atoms in total. The van der Waals surface area contributed by atoms with Gasteiger partial charge in [-0.05, 0) is 0 Å². The van der Waals surface area contributed by atoms with Crippen molar-refractivity contribution in [2.24, 2.45) is 5.92 Å². The Balaban J connectivity index is 1.94.